The number of carbonyl (C=O) groups is 4. The number of Topliss-reactive ketones (excluding diaryl/α,β-unsaturated/α-hetero) is 1. The number of rotatable bonds is 7. The molecule has 1 heterocycles. The maximum atomic E-state index is 13.1. The lowest BCUT2D eigenvalue weighted by Gasteiger charge is -2.19. The molecule has 1 aliphatic heterocycles. The normalized spacial score (nSPS) is 13.4. The number of ketones is 1. The summed E-state index contributed by atoms with van der Waals surface area (Å²) in [6.07, 6.45) is -1.35. The molecule has 1 aliphatic rings. The van der Waals surface area contributed by atoms with Crippen LogP contribution in [0.2, 0.25) is 5.02 Å². The van der Waals surface area contributed by atoms with Crippen LogP contribution in [0.1, 0.15) is 42.7 Å². The first-order chi connectivity index (χ1) is 16.3. The van der Waals surface area contributed by atoms with E-state index in [0.29, 0.717) is 15.5 Å². The highest BCUT2D eigenvalue weighted by Crippen LogP contribution is 2.31. The van der Waals surface area contributed by atoms with Gasteiger partial charge in [0.25, 0.3) is 17.5 Å². The van der Waals surface area contributed by atoms with Crippen LogP contribution < -0.4 is 0 Å². The summed E-state index contributed by atoms with van der Waals surface area (Å²) in [5, 5.41) is 11.7. The van der Waals surface area contributed by atoms with Gasteiger partial charge in [-0.1, -0.05) is 48.0 Å². The Morgan fingerprint density at radius 3 is 2.26 bits per heavy atom. The fourth-order valence-corrected chi connectivity index (χ4v) is 3.70. The second kappa shape index (κ2) is 9.24. The molecule has 3 aromatic carbocycles. The largest absolute Gasteiger partial charge is 0.448 e. The Balaban J connectivity index is 1.58. The number of esters is 1. The number of imide groups is 1. The number of fused-ring (bicyclic) bond motifs is 1. The molecule has 0 N–H and O–H groups in total. The Hall–Kier alpha value is -4.37. The lowest BCUT2D eigenvalue weighted by Crippen LogP contribution is -2.36. The Kier molecular flexibility index (Phi) is 6.20. The molecule has 0 bridgehead atoms. The fraction of sp³-hybridized carbons (Fsp3) is 0.0833. The minimum atomic E-state index is -1.35. The average molecular weight is 479 g/mol. The summed E-state index contributed by atoms with van der Waals surface area (Å²) in [6.45, 7) is -0.819. The van der Waals surface area contributed by atoms with Gasteiger partial charge in [0.1, 0.15) is 12.1 Å². The van der Waals surface area contributed by atoms with Crippen LogP contribution in [0.5, 0.6) is 0 Å². The van der Waals surface area contributed by atoms with Crippen molar-refractivity contribution in [1.29, 1.82) is 0 Å². The number of hydrogen-bond acceptors (Lipinski definition) is 7. The summed E-state index contributed by atoms with van der Waals surface area (Å²) in [7, 11) is 0. The molecule has 9 nitrogen and oxygen atoms in total. The van der Waals surface area contributed by atoms with Crippen LogP contribution >= 0.6 is 11.6 Å². The van der Waals surface area contributed by atoms with Gasteiger partial charge in [0.05, 0.1) is 10.5 Å². The number of hydrogen-bond donors (Lipinski definition) is 0. The highest BCUT2D eigenvalue weighted by atomic mass is 35.5. The molecule has 0 aliphatic carbocycles. The van der Waals surface area contributed by atoms with Crippen LogP contribution in [-0.2, 0) is 9.53 Å². The van der Waals surface area contributed by atoms with Gasteiger partial charge in [-0.25, -0.2) is 0 Å². The summed E-state index contributed by atoms with van der Waals surface area (Å²) in [5.41, 5.74) is -0.478. The van der Waals surface area contributed by atoms with E-state index in [0.717, 1.165) is 6.07 Å². The van der Waals surface area contributed by atoms with Gasteiger partial charge in [0.2, 0.25) is 5.78 Å². The number of ether oxygens (including phenoxy) is 1. The van der Waals surface area contributed by atoms with E-state index in [4.69, 9.17) is 16.3 Å². The highest BCUT2D eigenvalue weighted by Gasteiger charge is 2.42. The van der Waals surface area contributed by atoms with Gasteiger partial charge in [-0.05, 0) is 30.3 Å². The first-order valence-electron chi connectivity index (χ1n) is 9.95. The van der Waals surface area contributed by atoms with Crippen molar-refractivity contribution in [2.24, 2.45) is 0 Å². The predicted molar refractivity (Wildman–Crippen MR) is 120 cm³/mol. The third-order valence-corrected chi connectivity index (χ3v) is 5.43. The van der Waals surface area contributed by atoms with Crippen LogP contribution in [0.25, 0.3) is 0 Å². The zero-order valence-corrected chi connectivity index (χ0v) is 18.1. The quantitative estimate of drug-likeness (QED) is 0.165. The predicted octanol–water partition coefficient (Wildman–Crippen LogP) is 4.01. The number of nitrogens with zero attached hydrogens (tertiary/aromatic N) is 2. The third-order valence-electron chi connectivity index (χ3n) is 5.18. The van der Waals surface area contributed by atoms with Crippen molar-refractivity contribution in [1.82, 2.24) is 4.90 Å². The standard InChI is InChI=1S/C24H15ClN2O7/c25-16-11-9-14(10-12-16)21(29)22(15-5-2-1-3-6-15)34-19(28)13-26-23(30)17-7-4-8-18(27(32)33)20(17)24(26)31/h1-12,22H,13H2. The Labute approximate surface area is 197 Å². The SMILES string of the molecule is O=C(CN1C(=O)c2cccc([N+](=O)[O-])c2C1=O)OC(C(=O)c1ccc(Cl)cc1)c1ccccc1. The van der Waals surface area contributed by atoms with E-state index >= 15 is 0 Å². The topological polar surface area (TPSA) is 124 Å². The minimum absolute atomic E-state index is 0.177. The van der Waals surface area contributed by atoms with E-state index in [-0.39, 0.29) is 16.7 Å². The van der Waals surface area contributed by atoms with Gasteiger partial charge in [-0.15, -0.1) is 0 Å². The van der Waals surface area contributed by atoms with Crippen molar-refractivity contribution >= 4 is 40.9 Å². The van der Waals surface area contributed by atoms with Gasteiger partial charge in [-0.3, -0.25) is 34.2 Å². The van der Waals surface area contributed by atoms with Crippen molar-refractivity contribution in [3.8, 4) is 0 Å². The Morgan fingerprint density at radius 1 is 0.941 bits per heavy atom. The molecule has 0 aromatic heterocycles. The number of benzene rings is 3. The summed E-state index contributed by atoms with van der Waals surface area (Å²) in [6, 6.07) is 17.9. The molecule has 34 heavy (non-hydrogen) atoms. The zero-order valence-electron chi connectivity index (χ0n) is 17.3. The van der Waals surface area contributed by atoms with Crippen LogP contribution in [0.4, 0.5) is 5.69 Å². The number of nitro groups is 1. The number of halogens is 1. The van der Waals surface area contributed by atoms with Crippen molar-refractivity contribution in [2.45, 2.75) is 6.10 Å². The molecular weight excluding hydrogens is 464 g/mol. The van der Waals surface area contributed by atoms with Gasteiger partial charge in [0, 0.05) is 22.2 Å². The van der Waals surface area contributed by atoms with Crippen molar-refractivity contribution in [2.75, 3.05) is 6.54 Å². The maximum Gasteiger partial charge on any atom is 0.327 e. The highest BCUT2D eigenvalue weighted by molar-refractivity contribution is 6.30. The van der Waals surface area contributed by atoms with Crippen LogP contribution in [-0.4, -0.2) is 39.9 Å². The van der Waals surface area contributed by atoms with Crippen LogP contribution in [0.3, 0.4) is 0 Å². The Bertz CT molecular complexity index is 1320. The molecule has 0 saturated heterocycles. The molecule has 0 spiro atoms. The van der Waals surface area contributed by atoms with Crippen LogP contribution in [0, 0.1) is 10.1 Å². The smallest absolute Gasteiger partial charge is 0.327 e. The van der Waals surface area contributed by atoms with E-state index in [1.807, 2.05) is 0 Å². The van der Waals surface area contributed by atoms with Gasteiger partial charge in [-0.2, -0.15) is 0 Å². The summed E-state index contributed by atoms with van der Waals surface area (Å²) < 4.78 is 5.42. The summed E-state index contributed by atoms with van der Waals surface area (Å²) in [4.78, 5) is 62.3. The van der Waals surface area contributed by atoms with Crippen molar-refractivity contribution in [3.63, 3.8) is 0 Å². The monoisotopic (exact) mass is 478 g/mol. The molecule has 4 rings (SSSR count). The lowest BCUT2D eigenvalue weighted by molar-refractivity contribution is -0.385. The van der Waals surface area contributed by atoms with Crippen molar-refractivity contribution in [3.05, 3.63) is 110 Å². The van der Waals surface area contributed by atoms with E-state index in [1.54, 1.807) is 30.3 Å². The first kappa shape index (κ1) is 22.8. The molecule has 1 unspecified atom stereocenters. The summed E-state index contributed by atoms with van der Waals surface area (Å²) >= 11 is 5.88. The molecule has 1 atom stereocenters. The van der Waals surface area contributed by atoms with E-state index < -0.39 is 46.8 Å². The maximum absolute atomic E-state index is 13.1. The fourth-order valence-electron chi connectivity index (χ4n) is 3.58. The average Bonchev–Trinajstić information content (AvgIpc) is 3.08. The number of carbonyl (C=O) groups excluding carboxylic acids is 4. The molecule has 3 aromatic rings. The lowest BCUT2D eigenvalue weighted by atomic mass is 10.00. The van der Waals surface area contributed by atoms with E-state index in [9.17, 15) is 29.3 Å². The molecule has 10 heteroatoms. The first-order valence-corrected chi connectivity index (χ1v) is 10.3. The molecule has 2 amide bonds. The van der Waals surface area contributed by atoms with Gasteiger partial charge in [0.15, 0.2) is 6.10 Å². The number of amides is 2. The van der Waals surface area contributed by atoms with E-state index in [1.165, 1.54) is 36.4 Å². The molecule has 0 saturated carbocycles. The molecule has 0 fully saturated rings. The van der Waals surface area contributed by atoms with E-state index in [2.05, 4.69) is 0 Å². The zero-order chi connectivity index (χ0) is 24.4. The Morgan fingerprint density at radius 2 is 1.62 bits per heavy atom. The third kappa shape index (κ3) is 4.28. The van der Waals surface area contributed by atoms with Gasteiger partial charge >= 0.3 is 5.97 Å². The van der Waals surface area contributed by atoms with Crippen LogP contribution in [0.15, 0.2) is 72.8 Å². The van der Waals surface area contributed by atoms with Crippen molar-refractivity contribution < 1.29 is 28.8 Å². The second-order valence-corrected chi connectivity index (χ2v) is 7.74. The molecule has 0 radical (unpaired) electrons. The minimum Gasteiger partial charge on any atom is -0.448 e. The molecule has 170 valence electrons. The summed E-state index contributed by atoms with van der Waals surface area (Å²) in [5.74, 6) is -3.41. The number of nitro benzene ring substituents is 1. The second-order valence-electron chi connectivity index (χ2n) is 7.30. The van der Waals surface area contributed by atoms with Gasteiger partial charge < -0.3 is 4.74 Å². The molecular formula is C24H15ClN2O7.